The van der Waals surface area contributed by atoms with Gasteiger partial charge in [0.1, 0.15) is 0 Å². The molecule has 1 heterocycles. The predicted octanol–water partition coefficient (Wildman–Crippen LogP) is 3.53. The maximum atomic E-state index is 11.4. The summed E-state index contributed by atoms with van der Waals surface area (Å²) in [7, 11) is 0. The van der Waals surface area contributed by atoms with Gasteiger partial charge in [0.05, 0.1) is 10.2 Å². The number of benzene rings is 1. The molecule has 7 heteroatoms. The summed E-state index contributed by atoms with van der Waals surface area (Å²) < 4.78 is 2.93. The molecule has 0 aliphatic heterocycles. The zero-order valence-corrected chi connectivity index (χ0v) is 15.5. The number of carbonyl (C=O) groups excluding carboxylic acids is 1. The monoisotopic (exact) mass is 394 g/mol. The molecule has 122 valence electrons. The Morgan fingerprint density at radius 1 is 1.43 bits per heavy atom. The van der Waals surface area contributed by atoms with Crippen LogP contribution in [0.25, 0.3) is 0 Å². The Morgan fingerprint density at radius 2 is 2.22 bits per heavy atom. The Kier molecular flexibility index (Phi) is 6.29. The van der Waals surface area contributed by atoms with E-state index in [0.29, 0.717) is 10.7 Å². The van der Waals surface area contributed by atoms with Crippen molar-refractivity contribution in [1.82, 2.24) is 15.1 Å². The average molecular weight is 395 g/mol. The van der Waals surface area contributed by atoms with Gasteiger partial charge in [0.25, 0.3) is 0 Å². The van der Waals surface area contributed by atoms with E-state index >= 15 is 0 Å². The van der Waals surface area contributed by atoms with Gasteiger partial charge in [0, 0.05) is 30.5 Å². The van der Waals surface area contributed by atoms with Crippen molar-refractivity contribution in [3.63, 3.8) is 0 Å². The van der Waals surface area contributed by atoms with Crippen LogP contribution >= 0.6 is 28.1 Å². The second-order valence-corrected chi connectivity index (χ2v) is 6.46. The fraction of sp³-hybridized carbons (Fsp3) is 0.312. The quantitative estimate of drug-likeness (QED) is 0.445. The molecule has 0 bridgehead atoms. The van der Waals surface area contributed by atoms with Crippen LogP contribution in [0.1, 0.15) is 29.4 Å². The number of carbonyl (C=O) groups is 1. The van der Waals surface area contributed by atoms with Gasteiger partial charge in [-0.3, -0.25) is 9.48 Å². The average Bonchev–Trinajstić information content (AvgIpc) is 2.82. The van der Waals surface area contributed by atoms with Gasteiger partial charge >= 0.3 is 0 Å². The van der Waals surface area contributed by atoms with Crippen LogP contribution in [0.15, 0.2) is 34.9 Å². The number of hydrogen-bond donors (Lipinski definition) is 2. The van der Waals surface area contributed by atoms with E-state index in [-0.39, 0.29) is 5.78 Å². The Morgan fingerprint density at radius 3 is 2.87 bits per heavy atom. The van der Waals surface area contributed by atoms with Crippen LogP contribution in [0.3, 0.4) is 0 Å². The van der Waals surface area contributed by atoms with E-state index in [0.717, 1.165) is 35.4 Å². The van der Waals surface area contributed by atoms with E-state index in [2.05, 4.69) is 31.7 Å². The largest absolute Gasteiger partial charge is 0.362 e. The van der Waals surface area contributed by atoms with E-state index in [1.165, 1.54) is 0 Å². The first kappa shape index (κ1) is 17.6. The van der Waals surface area contributed by atoms with Crippen molar-refractivity contribution in [2.45, 2.75) is 26.8 Å². The van der Waals surface area contributed by atoms with E-state index in [9.17, 15) is 4.79 Å². The van der Waals surface area contributed by atoms with Gasteiger partial charge < -0.3 is 10.6 Å². The van der Waals surface area contributed by atoms with E-state index in [1.807, 2.05) is 29.9 Å². The number of thiocarbonyl (C=S) groups is 1. The number of rotatable bonds is 6. The summed E-state index contributed by atoms with van der Waals surface area (Å²) in [5, 5.41) is 11.2. The smallest absolute Gasteiger partial charge is 0.170 e. The number of hydrogen-bond acceptors (Lipinski definition) is 3. The molecular formula is C16H19BrN4OS. The Balaban J connectivity index is 1.75. The van der Waals surface area contributed by atoms with Crippen molar-refractivity contribution in [1.29, 1.82) is 0 Å². The van der Waals surface area contributed by atoms with E-state index in [4.69, 9.17) is 12.2 Å². The van der Waals surface area contributed by atoms with Gasteiger partial charge in [0.2, 0.25) is 0 Å². The van der Waals surface area contributed by atoms with Crippen LogP contribution < -0.4 is 10.6 Å². The van der Waals surface area contributed by atoms with Crippen molar-refractivity contribution in [2.24, 2.45) is 0 Å². The van der Waals surface area contributed by atoms with Crippen molar-refractivity contribution in [2.75, 3.05) is 11.9 Å². The number of aromatic nitrogens is 2. The number of nitrogens with zero attached hydrogens (tertiary/aromatic N) is 2. The van der Waals surface area contributed by atoms with Crippen LogP contribution in [0, 0.1) is 6.92 Å². The molecule has 0 aliphatic rings. The van der Waals surface area contributed by atoms with Crippen LogP contribution in [0.4, 0.5) is 5.69 Å². The zero-order chi connectivity index (χ0) is 16.8. The Hall–Kier alpha value is -1.73. The summed E-state index contributed by atoms with van der Waals surface area (Å²) in [5.74, 6) is 0.0354. The molecule has 0 fully saturated rings. The van der Waals surface area contributed by atoms with Crippen molar-refractivity contribution in [3.8, 4) is 0 Å². The van der Waals surface area contributed by atoms with Crippen LogP contribution in [-0.2, 0) is 6.54 Å². The molecule has 1 aromatic carbocycles. The molecule has 0 radical (unpaired) electrons. The topological polar surface area (TPSA) is 59.0 Å². The lowest BCUT2D eigenvalue weighted by Crippen LogP contribution is -2.29. The summed E-state index contributed by atoms with van der Waals surface area (Å²) in [5.41, 5.74) is 2.46. The third-order valence-electron chi connectivity index (χ3n) is 3.26. The van der Waals surface area contributed by atoms with Gasteiger partial charge in [-0.1, -0.05) is 12.1 Å². The molecule has 0 aliphatic carbocycles. The molecule has 0 amide bonds. The SMILES string of the molecule is CC(=O)c1cccc(NC(=S)NCCCn2cc(Br)c(C)n2)c1. The third kappa shape index (κ3) is 5.44. The third-order valence-corrected chi connectivity index (χ3v) is 4.29. The minimum Gasteiger partial charge on any atom is -0.362 e. The highest BCUT2D eigenvalue weighted by molar-refractivity contribution is 9.10. The molecule has 23 heavy (non-hydrogen) atoms. The lowest BCUT2D eigenvalue weighted by atomic mass is 10.1. The molecule has 0 atom stereocenters. The highest BCUT2D eigenvalue weighted by Gasteiger charge is 2.03. The van der Waals surface area contributed by atoms with E-state index < -0.39 is 0 Å². The normalized spacial score (nSPS) is 10.4. The predicted molar refractivity (Wildman–Crippen MR) is 100.0 cm³/mol. The Bertz CT molecular complexity index is 694. The molecule has 0 spiro atoms. The highest BCUT2D eigenvalue weighted by atomic mass is 79.9. The minimum absolute atomic E-state index is 0.0354. The van der Waals surface area contributed by atoms with Crippen molar-refractivity contribution in [3.05, 3.63) is 46.2 Å². The molecule has 2 N–H and O–H groups in total. The van der Waals surface area contributed by atoms with Crippen LogP contribution in [0.5, 0.6) is 0 Å². The molecule has 1 aromatic heterocycles. The van der Waals surface area contributed by atoms with Gasteiger partial charge in [0.15, 0.2) is 10.9 Å². The van der Waals surface area contributed by atoms with Crippen LogP contribution in [0.2, 0.25) is 0 Å². The van der Waals surface area contributed by atoms with Gasteiger partial charge in [-0.2, -0.15) is 5.10 Å². The summed E-state index contributed by atoms with van der Waals surface area (Å²) >= 11 is 8.71. The zero-order valence-electron chi connectivity index (χ0n) is 13.1. The molecule has 2 aromatic rings. The summed E-state index contributed by atoms with van der Waals surface area (Å²) in [4.78, 5) is 11.4. The first-order valence-electron chi connectivity index (χ1n) is 7.31. The number of Topliss-reactive ketones (excluding diaryl/α,β-unsaturated/α-hetero) is 1. The fourth-order valence-electron chi connectivity index (χ4n) is 2.04. The lowest BCUT2D eigenvalue weighted by molar-refractivity contribution is 0.101. The lowest BCUT2D eigenvalue weighted by Gasteiger charge is -2.11. The van der Waals surface area contributed by atoms with Gasteiger partial charge in [-0.25, -0.2) is 0 Å². The number of nitrogens with one attached hydrogen (secondary N) is 2. The maximum Gasteiger partial charge on any atom is 0.170 e. The minimum atomic E-state index is 0.0354. The molecule has 2 rings (SSSR count). The number of anilines is 1. The summed E-state index contributed by atoms with van der Waals surface area (Å²) in [6.45, 7) is 5.08. The first-order valence-corrected chi connectivity index (χ1v) is 8.51. The summed E-state index contributed by atoms with van der Waals surface area (Å²) in [6, 6.07) is 7.29. The fourth-order valence-corrected chi connectivity index (χ4v) is 2.58. The number of halogens is 1. The highest BCUT2D eigenvalue weighted by Crippen LogP contribution is 2.13. The maximum absolute atomic E-state index is 11.4. The van der Waals surface area contributed by atoms with Crippen molar-refractivity contribution >= 4 is 44.7 Å². The van der Waals surface area contributed by atoms with Crippen LogP contribution in [-0.4, -0.2) is 27.2 Å². The van der Waals surface area contributed by atoms with Crippen molar-refractivity contribution < 1.29 is 4.79 Å². The molecule has 5 nitrogen and oxygen atoms in total. The standard InChI is InChI=1S/C16H19BrN4OS/c1-11-15(17)10-21(20-11)8-4-7-18-16(23)19-14-6-3-5-13(9-14)12(2)22/h3,5-6,9-10H,4,7-8H2,1-2H3,(H2,18,19,23). The molecular weight excluding hydrogens is 376 g/mol. The number of ketones is 1. The first-order chi connectivity index (χ1) is 11.0. The second-order valence-electron chi connectivity index (χ2n) is 5.20. The molecule has 0 saturated carbocycles. The second kappa shape index (κ2) is 8.21. The molecule has 0 saturated heterocycles. The number of aryl methyl sites for hydroxylation is 2. The summed E-state index contributed by atoms with van der Waals surface area (Å²) in [6.07, 6.45) is 2.88. The Labute approximate surface area is 149 Å². The van der Waals surface area contributed by atoms with E-state index in [1.54, 1.807) is 19.1 Å². The van der Waals surface area contributed by atoms with Gasteiger partial charge in [-0.15, -0.1) is 0 Å². The van der Waals surface area contributed by atoms with Gasteiger partial charge in [-0.05, 0) is 60.5 Å². The molecule has 0 unspecified atom stereocenters.